The van der Waals surface area contributed by atoms with E-state index in [1.54, 1.807) is 7.11 Å². The normalized spacial score (nSPS) is 10.4. The molecule has 3 aromatic rings. The first-order chi connectivity index (χ1) is 10.8. The molecule has 0 radical (unpaired) electrons. The van der Waals surface area contributed by atoms with Crippen molar-refractivity contribution in [2.75, 3.05) is 7.11 Å². The van der Waals surface area contributed by atoms with Crippen LogP contribution in [0, 0.1) is 0 Å². The van der Waals surface area contributed by atoms with E-state index < -0.39 is 0 Å². The highest BCUT2D eigenvalue weighted by atomic mass is 32.1. The van der Waals surface area contributed by atoms with Gasteiger partial charge in [0.15, 0.2) is 0 Å². The molecular formula is C19H17NOS. The third kappa shape index (κ3) is 3.10. The van der Waals surface area contributed by atoms with Gasteiger partial charge < -0.3 is 10.1 Å². The predicted molar refractivity (Wildman–Crippen MR) is 95.5 cm³/mol. The zero-order chi connectivity index (χ0) is 15.4. The van der Waals surface area contributed by atoms with Gasteiger partial charge in [0.25, 0.3) is 0 Å². The minimum atomic E-state index is 0.700. The third-order valence-electron chi connectivity index (χ3n) is 3.65. The van der Waals surface area contributed by atoms with Crippen LogP contribution in [0.2, 0.25) is 0 Å². The van der Waals surface area contributed by atoms with Crippen molar-refractivity contribution in [1.29, 1.82) is 0 Å². The maximum atomic E-state index is 5.56. The quantitative estimate of drug-likeness (QED) is 0.726. The molecule has 0 saturated heterocycles. The van der Waals surface area contributed by atoms with Crippen molar-refractivity contribution in [2.24, 2.45) is 0 Å². The second-order valence-corrected chi connectivity index (χ2v) is 5.47. The number of hydrogen-bond donors (Lipinski definition) is 1. The summed E-state index contributed by atoms with van der Waals surface area (Å²) in [5.41, 5.74) is 2.24. The SMILES string of the molecule is COc1ccc(CNC(=S)c2cccc3ccccc23)cc1. The zero-order valence-electron chi connectivity index (χ0n) is 12.4. The summed E-state index contributed by atoms with van der Waals surface area (Å²) in [4.78, 5) is 0.771. The molecule has 0 aliphatic heterocycles. The van der Waals surface area contributed by atoms with Crippen molar-refractivity contribution >= 4 is 28.0 Å². The molecule has 0 amide bonds. The number of thiocarbonyl (C=S) groups is 1. The van der Waals surface area contributed by atoms with Gasteiger partial charge in [-0.25, -0.2) is 0 Å². The van der Waals surface area contributed by atoms with Crippen molar-refractivity contribution < 1.29 is 4.74 Å². The Morgan fingerprint density at radius 3 is 2.45 bits per heavy atom. The first-order valence-electron chi connectivity index (χ1n) is 7.17. The summed E-state index contributed by atoms with van der Waals surface area (Å²) in [6.45, 7) is 0.700. The summed E-state index contributed by atoms with van der Waals surface area (Å²) in [5, 5.41) is 5.72. The summed E-state index contributed by atoms with van der Waals surface area (Å²) in [7, 11) is 1.67. The Morgan fingerprint density at radius 2 is 1.68 bits per heavy atom. The van der Waals surface area contributed by atoms with E-state index >= 15 is 0 Å². The molecule has 0 aliphatic carbocycles. The molecular weight excluding hydrogens is 290 g/mol. The second kappa shape index (κ2) is 6.58. The van der Waals surface area contributed by atoms with Crippen molar-refractivity contribution in [3.8, 4) is 5.75 Å². The van der Waals surface area contributed by atoms with E-state index in [2.05, 4.69) is 29.6 Å². The van der Waals surface area contributed by atoms with Crippen LogP contribution < -0.4 is 10.1 Å². The minimum absolute atomic E-state index is 0.700. The van der Waals surface area contributed by atoms with Gasteiger partial charge in [0.1, 0.15) is 10.7 Å². The molecule has 0 unspecified atom stereocenters. The molecule has 3 heteroatoms. The average molecular weight is 307 g/mol. The van der Waals surface area contributed by atoms with Crippen molar-refractivity contribution in [3.63, 3.8) is 0 Å². The number of rotatable bonds is 4. The molecule has 0 aliphatic rings. The van der Waals surface area contributed by atoms with Gasteiger partial charge in [-0.05, 0) is 28.5 Å². The van der Waals surface area contributed by atoms with Crippen LogP contribution in [-0.2, 0) is 6.54 Å². The topological polar surface area (TPSA) is 21.3 Å². The standard InChI is InChI=1S/C19H17NOS/c1-21-16-11-9-14(10-12-16)13-20-19(22)18-8-4-6-15-5-2-3-7-17(15)18/h2-12H,13H2,1H3,(H,20,22). The zero-order valence-corrected chi connectivity index (χ0v) is 13.2. The van der Waals surface area contributed by atoms with Gasteiger partial charge >= 0.3 is 0 Å². The van der Waals surface area contributed by atoms with Crippen molar-refractivity contribution in [2.45, 2.75) is 6.54 Å². The van der Waals surface area contributed by atoms with Gasteiger partial charge in [-0.15, -0.1) is 0 Å². The maximum Gasteiger partial charge on any atom is 0.118 e. The maximum absolute atomic E-state index is 5.56. The fraction of sp³-hybridized carbons (Fsp3) is 0.105. The number of methoxy groups -OCH3 is 1. The summed E-state index contributed by atoms with van der Waals surface area (Å²) >= 11 is 5.56. The van der Waals surface area contributed by atoms with E-state index in [4.69, 9.17) is 17.0 Å². The highest BCUT2D eigenvalue weighted by Gasteiger charge is 2.05. The molecule has 1 N–H and O–H groups in total. The van der Waals surface area contributed by atoms with Crippen LogP contribution in [0.25, 0.3) is 10.8 Å². The molecule has 0 heterocycles. The van der Waals surface area contributed by atoms with Gasteiger partial charge in [0.05, 0.1) is 7.11 Å². The number of nitrogens with one attached hydrogen (secondary N) is 1. The van der Waals surface area contributed by atoms with Crippen LogP contribution in [0.3, 0.4) is 0 Å². The fourth-order valence-electron chi connectivity index (χ4n) is 2.44. The Hall–Kier alpha value is -2.39. The van der Waals surface area contributed by atoms with E-state index in [0.29, 0.717) is 6.54 Å². The molecule has 0 bridgehead atoms. The van der Waals surface area contributed by atoms with Gasteiger partial charge in [0.2, 0.25) is 0 Å². The van der Waals surface area contributed by atoms with E-state index in [9.17, 15) is 0 Å². The van der Waals surface area contributed by atoms with E-state index in [1.165, 1.54) is 16.3 Å². The molecule has 0 saturated carbocycles. The van der Waals surface area contributed by atoms with Crippen LogP contribution in [0.15, 0.2) is 66.7 Å². The monoisotopic (exact) mass is 307 g/mol. The van der Waals surface area contributed by atoms with Crippen LogP contribution in [0.5, 0.6) is 5.75 Å². The largest absolute Gasteiger partial charge is 0.497 e. The number of hydrogen-bond acceptors (Lipinski definition) is 2. The lowest BCUT2D eigenvalue weighted by molar-refractivity contribution is 0.414. The van der Waals surface area contributed by atoms with Crippen LogP contribution in [0.1, 0.15) is 11.1 Å². The number of benzene rings is 3. The molecule has 110 valence electrons. The lowest BCUT2D eigenvalue weighted by Gasteiger charge is -2.11. The van der Waals surface area contributed by atoms with Gasteiger partial charge in [0, 0.05) is 12.1 Å². The fourth-order valence-corrected chi connectivity index (χ4v) is 2.69. The lowest BCUT2D eigenvalue weighted by Crippen LogP contribution is -2.21. The summed E-state index contributed by atoms with van der Waals surface area (Å²) in [6, 6.07) is 22.5. The molecule has 2 nitrogen and oxygen atoms in total. The Balaban J connectivity index is 1.75. The molecule has 0 spiro atoms. The molecule has 0 aromatic heterocycles. The highest BCUT2D eigenvalue weighted by molar-refractivity contribution is 7.80. The van der Waals surface area contributed by atoms with E-state index in [0.717, 1.165) is 16.3 Å². The predicted octanol–water partition coefficient (Wildman–Crippen LogP) is 4.31. The summed E-state index contributed by atoms with van der Waals surface area (Å²) < 4.78 is 5.17. The number of ether oxygens (including phenoxy) is 1. The molecule has 0 atom stereocenters. The van der Waals surface area contributed by atoms with Gasteiger partial charge in [-0.1, -0.05) is 66.8 Å². The smallest absolute Gasteiger partial charge is 0.118 e. The molecule has 22 heavy (non-hydrogen) atoms. The Bertz CT molecular complexity index is 791. The van der Waals surface area contributed by atoms with Gasteiger partial charge in [-0.3, -0.25) is 0 Å². The number of fused-ring (bicyclic) bond motifs is 1. The van der Waals surface area contributed by atoms with Crippen molar-refractivity contribution in [1.82, 2.24) is 5.32 Å². The Morgan fingerprint density at radius 1 is 0.955 bits per heavy atom. The van der Waals surface area contributed by atoms with Crippen LogP contribution in [-0.4, -0.2) is 12.1 Å². The molecule has 0 fully saturated rings. The first-order valence-corrected chi connectivity index (χ1v) is 7.57. The summed E-state index contributed by atoms with van der Waals surface area (Å²) in [5.74, 6) is 0.861. The van der Waals surface area contributed by atoms with Crippen LogP contribution in [0.4, 0.5) is 0 Å². The third-order valence-corrected chi connectivity index (χ3v) is 4.01. The first kappa shape index (κ1) is 14.5. The minimum Gasteiger partial charge on any atom is -0.497 e. The van der Waals surface area contributed by atoms with Crippen molar-refractivity contribution in [3.05, 3.63) is 77.9 Å². The Kier molecular flexibility index (Phi) is 4.35. The molecule has 3 rings (SSSR count). The highest BCUT2D eigenvalue weighted by Crippen LogP contribution is 2.19. The van der Waals surface area contributed by atoms with E-state index in [1.807, 2.05) is 42.5 Å². The van der Waals surface area contributed by atoms with E-state index in [-0.39, 0.29) is 0 Å². The second-order valence-electron chi connectivity index (χ2n) is 5.06. The summed E-state index contributed by atoms with van der Waals surface area (Å²) in [6.07, 6.45) is 0. The molecule has 3 aromatic carbocycles. The lowest BCUT2D eigenvalue weighted by atomic mass is 10.0. The Labute approximate surface area is 135 Å². The van der Waals surface area contributed by atoms with Gasteiger partial charge in [-0.2, -0.15) is 0 Å². The average Bonchev–Trinajstić information content (AvgIpc) is 2.59. The van der Waals surface area contributed by atoms with Crippen LogP contribution >= 0.6 is 12.2 Å².